The summed E-state index contributed by atoms with van der Waals surface area (Å²) in [4.78, 5) is 9.83. The number of hydrogen-bond donors (Lipinski definition) is 1. The first-order valence-corrected chi connectivity index (χ1v) is 6.20. The van der Waals surface area contributed by atoms with Gasteiger partial charge in [0, 0.05) is 24.6 Å². The van der Waals surface area contributed by atoms with E-state index in [4.69, 9.17) is 4.74 Å². The van der Waals surface area contributed by atoms with Crippen LogP contribution in [0.2, 0.25) is 0 Å². The number of non-ortho nitro benzene ring substituents is 1. The van der Waals surface area contributed by atoms with Crippen LogP contribution < -0.4 is 10.1 Å². The van der Waals surface area contributed by atoms with Gasteiger partial charge in [-0.25, -0.2) is 4.39 Å². The van der Waals surface area contributed by atoms with Gasteiger partial charge in [-0.2, -0.15) is 0 Å². The summed E-state index contributed by atoms with van der Waals surface area (Å²) in [6.07, 6.45) is 0. The van der Waals surface area contributed by atoms with E-state index in [1.807, 2.05) is 20.8 Å². The first-order chi connectivity index (χ1) is 8.90. The number of halogens is 1. The van der Waals surface area contributed by atoms with E-state index in [9.17, 15) is 14.5 Å². The highest BCUT2D eigenvalue weighted by molar-refractivity contribution is 5.37. The molecule has 0 spiro atoms. The fraction of sp³-hybridized carbons (Fsp3) is 0.538. The van der Waals surface area contributed by atoms with Crippen LogP contribution in [0.1, 0.15) is 20.8 Å². The van der Waals surface area contributed by atoms with E-state index in [2.05, 4.69) is 5.32 Å². The molecule has 6 heteroatoms. The van der Waals surface area contributed by atoms with E-state index in [0.717, 1.165) is 12.6 Å². The molecule has 1 aromatic carbocycles. The molecule has 0 amide bonds. The Morgan fingerprint density at radius 3 is 2.63 bits per heavy atom. The molecule has 19 heavy (non-hydrogen) atoms. The average molecular weight is 270 g/mol. The molecule has 0 aliphatic carbocycles. The van der Waals surface area contributed by atoms with Crippen LogP contribution in [-0.4, -0.2) is 24.1 Å². The van der Waals surface area contributed by atoms with E-state index in [0.29, 0.717) is 12.6 Å². The number of nitrogens with one attached hydrogen (secondary N) is 1. The van der Waals surface area contributed by atoms with Crippen molar-refractivity contribution in [3.05, 3.63) is 34.1 Å². The molecular formula is C13H19FN2O3. The number of ether oxygens (including phenoxy) is 1. The van der Waals surface area contributed by atoms with E-state index < -0.39 is 10.7 Å². The molecule has 1 unspecified atom stereocenters. The highest BCUT2D eigenvalue weighted by Crippen LogP contribution is 2.22. The predicted molar refractivity (Wildman–Crippen MR) is 70.9 cm³/mol. The molecule has 106 valence electrons. The Hall–Kier alpha value is -1.69. The minimum atomic E-state index is -0.710. The van der Waals surface area contributed by atoms with E-state index >= 15 is 0 Å². The topological polar surface area (TPSA) is 64.4 Å². The fourth-order valence-corrected chi connectivity index (χ4v) is 1.45. The number of benzene rings is 1. The lowest BCUT2D eigenvalue weighted by Gasteiger charge is -2.15. The Balaban J connectivity index is 2.51. The quantitative estimate of drug-likeness (QED) is 0.611. The molecule has 1 N–H and O–H groups in total. The van der Waals surface area contributed by atoms with Crippen molar-refractivity contribution >= 4 is 5.69 Å². The average Bonchev–Trinajstić information content (AvgIpc) is 2.34. The second-order valence-corrected chi connectivity index (χ2v) is 4.85. The molecule has 0 fully saturated rings. The first kappa shape index (κ1) is 15.4. The minimum Gasteiger partial charge on any atom is -0.490 e. The zero-order chi connectivity index (χ0) is 14.4. The van der Waals surface area contributed by atoms with Crippen molar-refractivity contribution in [1.29, 1.82) is 0 Å². The second-order valence-electron chi connectivity index (χ2n) is 4.85. The third kappa shape index (κ3) is 5.21. The maximum atomic E-state index is 13.5. The monoisotopic (exact) mass is 270 g/mol. The Morgan fingerprint density at radius 1 is 1.42 bits per heavy atom. The highest BCUT2D eigenvalue weighted by atomic mass is 19.1. The molecule has 1 rings (SSSR count). The number of nitro benzene ring substituents is 1. The summed E-state index contributed by atoms with van der Waals surface area (Å²) >= 11 is 0. The van der Waals surface area contributed by atoms with Gasteiger partial charge >= 0.3 is 0 Å². The van der Waals surface area contributed by atoms with Crippen molar-refractivity contribution in [2.24, 2.45) is 5.92 Å². The van der Waals surface area contributed by atoms with Gasteiger partial charge in [0.25, 0.3) is 5.69 Å². The Bertz CT molecular complexity index is 438. The van der Waals surface area contributed by atoms with Crippen LogP contribution >= 0.6 is 0 Å². The van der Waals surface area contributed by atoms with Crippen LogP contribution in [0.3, 0.4) is 0 Å². The lowest BCUT2D eigenvalue weighted by Crippen LogP contribution is -2.30. The van der Waals surface area contributed by atoms with Gasteiger partial charge in [0.1, 0.15) is 0 Å². The molecule has 0 saturated heterocycles. The zero-order valence-electron chi connectivity index (χ0n) is 11.4. The number of nitro groups is 1. The van der Waals surface area contributed by atoms with Crippen molar-refractivity contribution in [2.75, 3.05) is 13.2 Å². The summed E-state index contributed by atoms with van der Waals surface area (Å²) in [5.74, 6) is -0.447. The second kappa shape index (κ2) is 7.04. The summed E-state index contributed by atoms with van der Waals surface area (Å²) in [5.41, 5.74) is -0.278. The molecule has 5 nitrogen and oxygen atoms in total. The van der Waals surface area contributed by atoms with Crippen LogP contribution in [0, 0.1) is 21.8 Å². The third-order valence-electron chi connectivity index (χ3n) is 2.52. The number of hydrogen-bond acceptors (Lipinski definition) is 4. The Kier molecular flexibility index (Phi) is 5.69. The van der Waals surface area contributed by atoms with Gasteiger partial charge in [0.05, 0.1) is 17.6 Å². The first-order valence-electron chi connectivity index (χ1n) is 6.20. The van der Waals surface area contributed by atoms with Crippen molar-refractivity contribution < 1.29 is 14.1 Å². The third-order valence-corrected chi connectivity index (χ3v) is 2.52. The van der Waals surface area contributed by atoms with Gasteiger partial charge in [-0.3, -0.25) is 10.1 Å². The standard InChI is InChI=1S/C13H19FN2O3/c1-9(2)15-7-10(3)8-19-13-5-4-11(16(17)18)6-12(13)14/h4-6,9-10,15H,7-8H2,1-3H3. The largest absolute Gasteiger partial charge is 0.490 e. The van der Waals surface area contributed by atoms with Gasteiger partial charge in [-0.1, -0.05) is 20.8 Å². The molecular weight excluding hydrogens is 251 g/mol. The molecule has 0 radical (unpaired) electrons. The molecule has 0 saturated carbocycles. The van der Waals surface area contributed by atoms with Crippen LogP contribution in [0.25, 0.3) is 0 Å². The van der Waals surface area contributed by atoms with Gasteiger partial charge in [0.2, 0.25) is 0 Å². The number of rotatable bonds is 7. The number of nitrogens with zero attached hydrogens (tertiary/aromatic N) is 1. The van der Waals surface area contributed by atoms with Gasteiger partial charge in [-0.05, 0) is 6.07 Å². The molecule has 0 bridgehead atoms. The van der Waals surface area contributed by atoms with Crippen molar-refractivity contribution in [3.8, 4) is 5.75 Å². The van der Waals surface area contributed by atoms with Crippen LogP contribution in [-0.2, 0) is 0 Å². The minimum absolute atomic E-state index is 0.0435. The summed E-state index contributed by atoms with van der Waals surface area (Å²) in [5, 5.41) is 13.7. The van der Waals surface area contributed by atoms with Gasteiger partial charge in [0.15, 0.2) is 11.6 Å². The summed E-state index contributed by atoms with van der Waals surface area (Å²) in [6.45, 7) is 7.20. The lowest BCUT2D eigenvalue weighted by molar-refractivity contribution is -0.385. The van der Waals surface area contributed by atoms with Crippen molar-refractivity contribution in [1.82, 2.24) is 5.32 Å². The molecule has 0 aliphatic heterocycles. The maximum Gasteiger partial charge on any atom is 0.272 e. The fourth-order valence-electron chi connectivity index (χ4n) is 1.45. The molecule has 0 heterocycles. The van der Waals surface area contributed by atoms with Gasteiger partial charge < -0.3 is 10.1 Å². The Labute approximate surface area is 111 Å². The Morgan fingerprint density at radius 2 is 2.11 bits per heavy atom. The zero-order valence-corrected chi connectivity index (χ0v) is 11.4. The summed E-state index contributed by atoms with van der Waals surface area (Å²) < 4.78 is 18.9. The summed E-state index contributed by atoms with van der Waals surface area (Å²) in [6, 6.07) is 3.77. The molecule has 1 aromatic rings. The van der Waals surface area contributed by atoms with E-state index in [1.165, 1.54) is 12.1 Å². The van der Waals surface area contributed by atoms with Crippen molar-refractivity contribution in [2.45, 2.75) is 26.8 Å². The SMILES string of the molecule is CC(CNC(C)C)COc1ccc([N+](=O)[O-])cc1F. The normalized spacial score (nSPS) is 12.5. The van der Waals surface area contributed by atoms with Crippen molar-refractivity contribution in [3.63, 3.8) is 0 Å². The van der Waals surface area contributed by atoms with Crippen LogP contribution in [0.5, 0.6) is 5.75 Å². The highest BCUT2D eigenvalue weighted by Gasteiger charge is 2.12. The van der Waals surface area contributed by atoms with Crippen LogP contribution in [0.15, 0.2) is 18.2 Å². The predicted octanol–water partition coefficient (Wildman–Crippen LogP) is 2.75. The van der Waals surface area contributed by atoms with E-state index in [-0.39, 0.29) is 17.4 Å². The van der Waals surface area contributed by atoms with E-state index in [1.54, 1.807) is 0 Å². The molecule has 0 aliphatic rings. The lowest BCUT2D eigenvalue weighted by atomic mass is 10.2. The smallest absolute Gasteiger partial charge is 0.272 e. The summed E-state index contributed by atoms with van der Waals surface area (Å²) in [7, 11) is 0. The maximum absolute atomic E-state index is 13.5. The molecule has 0 aromatic heterocycles. The van der Waals surface area contributed by atoms with Crippen LogP contribution in [0.4, 0.5) is 10.1 Å². The van der Waals surface area contributed by atoms with Gasteiger partial charge in [-0.15, -0.1) is 0 Å². The molecule has 1 atom stereocenters.